The Hall–Kier alpha value is 0.0500. The largest absolute Gasteiger partial charge is 0.343 e. The second-order valence-corrected chi connectivity index (χ2v) is 5.33. The summed E-state index contributed by atoms with van der Waals surface area (Å²) in [6, 6.07) is 0. The highest BCUT2D eigenvalue weighted by Gasteiger charge is 2.57. The van der Waals surface area contributed by atoms with E-state index in [1.807, 2.05) is 11.8 Å². The molecular weight excluding hydrogens is 221 g/mol. The molecule has 0 heterocycles. The zero-order valence-electron chi connectivity index (χ0n) is 8.72. The van der Waals surface area contributed by atoms with E-state index in [0.29, 0.717) is 6.42 Å². The van der Waals surface area contributed by atoms with Gasteiger partial charge >= 0.3 is 0 Å². The minimum absolute atomic E-state index is 0.117. The Labute approximate surface area is 95.5 Å². The first-order valence-corrected chi connectivity index (χ1v) is 5.95. The zero-order chi connectivity index (χ0) is 10.8. The van der Waals surface area contributed by atoms with Crippen molar-refractivity contribution in [1.29, 1.82) is 0 Å². The molecule has 0 aromatic carbocycles. The summed E-state index contributed by atoms with van der Waals surface area (Å²) in [6.45, 7) is 5.67. The Morgan fingerprint density at radius 1 is 1.50 bits per heavy atom. The Morgan fingerprint density at radius 3 is 2.43 bits per heavy atom. The highest BCUT2D eigenvalue weighted by molar-refractivity contribution is 6.52. The van der Waals surface area contributed by atoms with Gasteiger partial charge in [0.25, 0.3) is 0 Å². The van der Waals surface area contributed by atoms with E-state index in [1.54, 1.807) is 0 Å². The third kappa shape index (κ3) is 2.77. The van der Waals surface area contributed by atoms with Crippen molar-refractivity contribution in [2.45, 2.75) is 37.4 Å². The summed E-state index contributed by atoms with van der Waals surface area (Å²) in [7, 11) is 0. The first kappa shape index (κ1) is 12.1. The molecule has 0 bridgehead atoms. The average Bonchev–Trinajstić information content (AvgIpc) is 2.76. The Bertz CT molecular complexity index is 218. The number of carbonyl (C=O) groups excluding carboxylic acids is 1. The molecule has 4 heteroatoms. The number of nitrogens with zero attached hydrogens (tertiary/aromatic N) is 1. The molecule has 0 aliphatic heterocycles. The molecule has 0 aromatic rings. The molecule has 1 atom stereocenters. The van der Waals surface area contributed by atoms with Crippen molar-refractivity contribution in [2.75, 3.05) is 13.1 Å². The predicted molar refractivity (Wildman–Crippen MR) is 59.7 cm³/mol. The number of amides is 1. The summed E-state index contributed by atoms with van der Waals surface area (Å²) < 4.78 is -0.781. The molecule has 1 rings (SSSR count). The normalized spacial score (nSPS) is 23.3. The third-order valence-electron chi connectivity index (χ3n) is 2.60. The summed E-state index contributed by atoms with van der Waals surface area (Å²) >= 11 is 11.7. The van der Waals surface area contributed by atoms with Crippen LogP contribution in [0.15, 0.2) is 0 Å². The molecule has 82 valence electrons. The van der Waals surface area contributed by atoms with Crippen LogP contribution in [0, 0.1) is 5.92 Å². The van der Waals surface area contributed by atoms with Crippen molar-refractivity contribution in [3.8, 4) is 0 Å². The summed E-state index contributed by atoms with van der Waals surface area (Å²) in [5.41, 5.74) is 0. The van der Waals surface area contributed by atoms with Crippen LogP contribution in [-0.4, -0.2) is 28.2 Å². The molecule has 1 aliphatic carbocycles. The quantitative estimate of drug-likeness (QED) is 0.674. The molecule has 1 amide bonds. The van der Waals surface area contributed by atoms with Gasteiger partial charge in [-0.2, -0.15) is 0 Å². The number of alkyl halides is 2. The van der Waals surface area contributed by atoms with Gasteiger partial charge in [-0.3, -0.25) is 4.79 Å². The van der Waals surface area contributed by atoms with Crippen molar-refractivity contribution >= 4 is 29.1 Å². The summed E-state index contributed by atoms with van der Waals surface area (Å²) in [5.74, 6) is -0.0476. The van der Waals surface area contributed by atoms with E-state index in [9.17, 15) is 4.79 Å². The van der Waals surface area contributed by atoms with Gasteiger partial charge in [0.05, 0.1) is 5.92 Å². The average molecular weight is 238 g/mol. The van der Waals surface area contributed by atoms with E-state index in [2.05, 4.69) is 6.92 Å². The predicted octanol–water partition coefficient (Wildman–Crippen LogP) is 2.83. The lowest BCUT2D eigenvalue weighted by molar-refractivity contribution is -0.132. The van der Waals surface area contributed by atoms with E-state index in [-0.39, 0.29) is 11.8 Å². The maximum absolute atomic E-state index is 11.8. The van der Waals surface area contributed by atoms with E-state index >= 15 is 0 Å². The zero-order valence-corrected chi connectivity index (χ0v) is 10.2. The highest BCUT2D eigenvalue weighted by Crippen LogP contribution is 2.53. The number of hydrogen-bond acceptors (Lipinski definition) is 1. The first-order chi connectivity index (χ1) is 6.53. The minimum atomic E-state index is -0.781. The second kappa shape index (κ2) is 4.71. The van der Waals surface area contributed by atoms with Gasteiger partial charge in [-0.05, 0) is 19.8 Å². The van der Waals surface area contributed by atoms with Crippen LogP contribution in [0.25, 0.3) is 0 Å². The van der Waals surface area contributed by atoms with Crippen LogP contribution < -0.4 is 0 Å². The summed E-state index contributed by atoms with van der Waals surface area (Å²) in [6.07, 6.45) is 2.75. The van der Waals surface area contributed by atoms with E-state index in [1.165, 1.54) is 0 Å². The molecule has 2 nitrogen and oxygen atoms in total. The summed E-state index contributed by atoms with van der Waals surface area (Å²) in [5, 5.41) is 0. The lowest BCUT2D eigenvalue weighted by Crippen LogP contribution is -2.34. The van der Waals surface area contributed by atoms with Crippen molar-refractivity contribution in [2.24, 2.45) is 5.92 Å². The van der Waals surface area contributed by atoms with Crippen LogP contribution in [0.1, 0.15) is 33.1 Å². The Morgan fingerprint density at radius 2 is 2.07 bits per heavy atom. The van der Waals surface area contributed by atoms with Gasteiger partial charge in [-0.15, -0.1) is 23.2 Å². The fraction of sp³-hybridized carbons (Fsp3) is 0.900. The van der Waals surface area contributed by atoms with Crippen molar-refractivity contribution < 1.29 is 4.79 Å². The molecule has 1 unspecified atom stereocenters. The summed E-state index contributed by atoms with van der Waals surface area (Å²) in [4.78, 5) is 13.7. The van der Waals surface area contributed by atoms with Gasteiger partial charge < -0.3 is 4.90 Å². The molecule has 0 aromatic heterocycles. The SMILES string of the molecule is CCCCN(CC)C(=O)C1CC1(Cl)Cl. The van der Waals surface area contributed by atoms with Crippen LogP contribution in [0.4, 0.5) is 0 Å². The second-order valence-electron chi connectivity index (χ2n) is 3.79. The number of halogens is 2. The van der Waals surface area contributed by atoms with Crippen molar-refractivity contribution in [3.05, 3.63) is 0 Å². The highest BCUT2D eigenvalue weighted by atomic mass is 35.5. The number of rotatable bonds is 5. The van der Waals surface area contributed by atoms with Gasteiger partial charge in [-0.1, -0.05) is 13.3 Å². The Kier molecular flexibility index (Phi) is 4.08. The van der Waals surface area contributed by atoms with Crippen LogP contribution in [-0.2, 0) is 4.79 Å². The number of hydrogen-bond donors (Lipinski definition) is 0. The van der Waals surface area contributed by atoms with Crippen molar-refractivity contribution in [1.82, 2.24) is 4.90 Å². The van der Waals surface area contributed by atoms with E-state index in [0.717, 1.165) is 25.9 Å². The van der Waals surface area contributed by atoms with Crippen LogP contribution in [0.5, 0.6) is 0 Å². The van der Waals surface area contributed by atoms with E-state index < -0.39 is 4.33 Å². The first-order valence-electron chi connectivity index (χ1n) is 5.19. The molecule has 0 spiro atoms. The standard InChI is InChI=1S/C10H17Cl2NO/c1-3-5-6-13(4-2)9(14)8-7-10(8,11)12/h8H,3-7H2,1-2H3. The molecule has 1 aliphatic rings. The molecule has 0 saturated heterocycles. The van der Waals surface area contributed by atoms with Crippen LogP contribution >= 0.6 is 23.2 Å². The van der Waals surface area contributed by atoms with Crippen LogP contribution in [0.2, 0.25) is 0 Å². The van der Waals surface area contributed by atoms with E-state index in [4.69, 9.17) is 23.2 Å². The molecule has 0 radical (unpaired) electrons. The number of carbonyl (C=O) groups is 1. The van der Waals surface area contributed by atoms with Gasteiger partial charge in [0.1, 0.15) is 4.33 Å². The molecule has 1 fully saturated rings. The lowest BCUT2D eigenvalue weighted by atomic mass is 10.3. The van der Waals surface area contributed by atoms with Gasteiger partial charge in [-0.25, -0.2) is 0 Å². The monoisotopic (exact) mass is 237 g/mol. The minimum Gasteiger partial charge on any atom is -0.343 e. The van der Waals surface area contributed by atoms with Crippen molar-refractivity contribution in [3.63, 3.8) is 0 Å². The number of unbranched alkanes of at least 4 members (excludes halogenated alkanes) is 1. The third-order valence-corrected chi connectivity index (χ3v) is 3.43. The van der Waals surface area contributed by atoms with Gasteiger partial charge in [0, 0.05) is 13.1 Å². The van der Waals surface area contributed by atoms with Gasteiger partial charge in [0.2, 0.25) is 5.91 Å². The molecular formula is C10H17Cl2NO. The maximum atomic E-state index is 11.8. The van der Waals surface area contributed by atoms with Crippen LogP contribution in [0.3, 0.4) is 0 Å². The Balaban J connectivity index is 2.41. The maximum Gasteiger partial charge on any atom is 0.228 e. The lowest BCUT2D eigenvalue weighted by Gasteiger charge is -2.20. The topological polar surface area (TPSA) is 20.3 Å². The fourth-order valence-corrected chi connectivity index (χ4v) is 1.97. The fourth-order valence-electron chi connectivity index (χ4n) is 1.47. The molecule has 1 saturated carbocycles. The molecule has 0 N–H and O–H groups in total. The van der Waals surface area contributed by atoms with Gasteiger partial charge in [0.15, 0.2) is 0 Å². The molecule has 14 heavy (non-hydrogen) atoms. The smallest absolute Gasteiger partial charge is 0.228 e.